The quantitative estimate of drug-likeness (QED) is 0.770. The molecule has 5 atom stereocenters. The van der Waals surface area contributed by atoms with Crippen LogP contribution in [-0.4, -0.2) is 60.3 Å². The molecule has 3 saturated heterocycles. The van der Waals surface area contributed by atoms with Crippen molar-refractivity contribution in [1.29, 1.82) is 0 Å². The van der Waals surface area contributed by atoms with Crippen LogP contribution in [0, 0.1) is 5.92 Å². The number of nitrogens with one attached hydrogen (secondary N) is 1. The summed E-state index contributed by atoms with van der Waals surface area (Å²) >= 11 is 0. The predicted molar refractivity (Wildman–Crippen MR) is 116 cm³/mol. The first kappa shape index (κ1) is 20.2. The summed E-state index contributed by atoms with van der Waals surface area (Å²) in [6, 6.07) is 20.9. The number of nitrogens with zero attached hydrogens (tertiary/aromatic N) is 1. The Morgan fingerprint density at radius 3 is 2.30 bits per heavy atom. The zero-order chi connectivity index (χ0) is 20.3. The lowest BCUT2D eigenvalue weighted by Crippen LogP contribution is -2.65. The molecule has 0 amide bonds. The SMILES string of the molecule is O[C@H]1[C@H](NCc2ccccc2)[C@H]2CO[C@H](O2)[C@@H]1N1CCC(Cc2ccccc2)CC1. The monoisotopic (exact) mass is 408 g/mol. The van der Waals surface area contributed by atoms with E-state index in [0.717, 1.165) is 38.9 Å². The van der Waals surface area contributed by atoms with Gasteiger partial charge in [-0.3, -0.25) is 4.90 Å². The lowest BCUT2D eigenvalue weighted by Gasteiger charge is -2.46. The summed E-state index contributed by atoms with van der Waals surface area (Å²) < 4.78 is 12.1. The summed E-state index contributed by atoms with van der Waals surface area (Å²) in [7, 11) is 0. The molecule has 5 nitrogen and oxygen atoms in total. The molecule has 2 aromatic rings. The van der Waals surface area contributed by atoms with Crippen molar-refractivity contribution in [3.05, 3.63) is 71.8 Å². The summed E-state index contributed by atoms with van der Waals surface area (Å²) in [6.45, 7) is 3.24. The van der Waals surface area contributed by atoms with Crippen LogP contribution in [0.15, 0.2) is 60.7 Å². The van der Waals surface area contributed by atoms with Crippen LogP contribution in [0.4, 0.5) is 0 Å². The third kappa shape index (κ3) is 4.32. The molecule has 0 aromatic heterocycles. The van der Waals surface area contributed by atoms with Gasteiger partial charge in [-0.1, -0.05) is 60.7 Å². The summed E-state index contributed by atoms with van der Waals surface area (Å²) in [5.74, 6) is 0.703. The molecular formula is C25H32N2O3. The molecule has 0 aliphatic carbocycles. The van der Waals surface area contributed by atoms with Crippen LogP contribution in [0.3, 0.4) is 0 Å². The van der Waals surface area contributed by atoms with Crippen molar-refractivity contribution in [2.24, 2.45) is 5.92 Å². The molecule has 5 rings (SSSR count). The van der Waals surface area contributed by atoms with Crippen molar-refractivity contribution in [3.8, 4) is 0 Å². The Morgan fingerprint density at radius 1 is 0.933 bits per heavy atom. The van der Waals surface area contributed by atoms with Gasteiger partial charge in [0.1, 0.15) is 6.10 Å². The highest BCUT2D eigenvalue weighted by molar-refractivity contribution is 5.16. The lowest BCUT2D eigenvalue weighted by molar-refractivity contribution is -0.186. The van der Waals surface area contributed by atoms with E-state index in [-0.39, 0.29) is 24.5 Å². The fourth-order valence-electron chi connectivity index (χ4n) is 5.28. The molecule has 0 saturated carbocycles. The third-order valence-corrected chi connectivity index (χ3v) is 6.95. The van der Waals surface area contributed by atoms with Crippen LogP contribution >= 0.6 is 0 Å². The van der Waals surface area contributed by atoms with Crippen LogP contribution < -0.4 is 5.32 Å². The van der Waals surface area contributed by atoms with Gasteiger partial charge in [-0.15, -0.1) is 0 Å². The number of hydrogen-bond acceptors (Lipinski definition) is 5. The van der Waals surface area contributed by atoms with Gasteiger partial charge in [0.05, 0.1) is 24.8 Å². The smallest absolute Gasteiger partial charge is 0.176 e. The minimum absolute atomic E-state index is 0.0828. The summed E-state index contributed by atoms with van der Waals surface area (Å²) in [4.78, 5) is 2.40. The Bertz CT molecular complexity index is 795. The van der Waals surface area contributed by atoms with E-state index in [2.05, 4.69) is 52.7 Å². The Kier molecular flexibility index (Phi) is 6.16. The summed E-state index contributed by atoms with van der Waals surface area (Å²) in [5.41, 5.74) is 2.63. The van der Waals surface area contributed by atoms with Gasteiger partial charge in [0.2, 0.25) is 0 Å². The first-order valence-corrected chi connectivity index (χ1v) is 11.3. The van der Waals surface area contributed by atoms with E-state index in [1.165, 1.54) is 11.1 Å². The number of aliphatic hydroxyl groups excluding tert-OH is 1. The molecule has 5 heteroatoms. The standard InChI is InChI=1S/C25H32N2O3/c28-24-22(26-16-20-9-5-2-6-10-20)21-17-29-25(30-21)23(24)27-13-11-19(12-14-27)15-18-7-3-1-4-8-18/h1-10,19,21-26,28H,11-17H2/t21-,22-,23-,24+,25-/m1/s1. The van der Waals surface area contributed by atoms with E-state index in [1.54, 1.807) is 0 Å². The second-order valence-electron chi connectivity index (χ2n) is 8.92. The van der Waals surface area contributed by atoms with Crippen LogP contribution in [-0.2, 0) is 22.4 Å². The van der Waals surface area contributed by atoms with E-state index >= 15 is 0 Å². The van der Waals surface area contributed by atoms with E-state index in [0.29, 0.717) is 12.5 Å². The second kappa shape index (κ2) is 9.16. The zero-order valence-corrected chi connectivity index (χ0v) is 17.4. The topological polar surface area (TPSA) is 54.0 Å². The Morgan fingerprint density at radius 2 is 1.60 bits per heavy atom. The number of likely N-dealkylation sites (tertiary alicyclic amines) is 1. The van der Waals surface area contributed by atoms with Gasteiger partial charge in [-0.2, -0.15) is 0 Å². The van der Waals surface area contributed by atoms with Crippen LogP contribution in [0.1, 0.15) is 24.0 Å². The average Bonchev–Trinajstić information content (AvgIpc) is 3.21. The summed E-state index contributed by atoms with van der Waals surface area (Å²) in [5, 5.41) is 14.8. The number of rotatable bonds is 6. The van der Waals surface area contributed by atoms with Crippen molar-refractivity contribution >= 4 is 0 Å². The maximum absolute atomic E-state index is 11.3. The van der Waals surface area contributed by atoms with Gasteiger partial charge in [-0.05, 0) is 49.4 Å². The molecule has 160 valence electrons. The predicted octanol–water partition coefficient (Wildman–Crippen LogP) is 2.58. The molecule has 2 bridgehead atoms. The number of hydrogen-bond donors (Lipinski definition) is 2. The highest BCUT2D eigenvalue weighted by atomic mass is 16.7. The first-order valence-electron chi connectivity index (χ1n) is 11.3. The normalized spacial score (nSPS) is 32.4. The van der Waals surface area contributed by atoms with E-state index in [9.17, 15) is 5.11 Å². The Labute approximate surface area is 179 Å². The molecule has 3 fully saturated rings. The van der Waals surface area contributed by atoms with Gasteiger partial charge in [0, 0.05) is 6.54 Å². The molecule has 0 spiro atoms. The van der Waals surface area contributed by atoms with Crippen molar-refractivity contribution in [2.75, 3.05) is 19.7 Å². The van der Waals surface area contributed by atoms with E-state index in [1.807, 2.05) is 18.2 Å². The molecule has 3 heterocycles. The Balaban J connectivity index is 1.20. The molecule has 3 aliphatic rings. The maximum Gasteiger partial charge on any atom is 0.176 e. The van der Waals surface area contributed by atoms with Gasteiger partial charge >= 0.3 is 0 Å². The van der Waals surface area contributed by atoms with Crippen molar-refractivity contribution in [1.82, 2.24) is 10.2 Å². The fraction of sp³-hybridized carbons (Fsp3) is 0.520. The molecule has 30 heavy (non-hydrogen) atoms. The zero-order valence-electron chi connectivity index (χ0n) is 17.4. The number of benzene rings is 2. The molecular weight excluding hydrogens is 376 g/mol. The fourth-order valence-corrected chi connectivity index (χ4v) is 5.28. The third-order valence-electron chi connectivity index (χ3n) is 6.95. The van der Waals surface area contributed by atoms with Crippen LogP contribution in [0.2, 0.25) is 0 Å². The molecule has 0 radical (unpaired) electrons. The molecule has 3 aliphatic heterocycles. The highest BCUT2D eigenvalue weighted by Gasteiger charge is 2.52. The maximum atomic E-state index is 11.3. The van der Waals surface area contributed by atoms with Gasteiger partial charge in [-0.25, -0.2) is 0 Å². The van der Waals surface area contributed by atoms with Gasteiger partial charge < -0.3 is 19.9 Å². The first-order chi connectivity index (χ1) is 14.8. The lowest BCUT2D eigenvalue weighted by atomic mass is 9.87. The van der Waals surface area contributed by atoms with E-state index in [4.69, 9.17) is 9.47 Å². The number of aliphatic hydroxyl groups is 1. The minimum atomic E-state index is -0.495. The largest absolute Gasteiger partial charge is 0.390 e. The highest BCUT2D eigenvalue weighted by Crippen LogP contribution is 2.34. The number of fused-ring (bicyclic) bond motifs is 2. The van der Waals surface area contributed by atoms with Crippen molar-refractivity contribution in [2.45, 2.75) is 56.4 Å². The summed E-state index contributed by atoms with van der Waals surface area (Å²) in [6.07, 6.45) is 2.55. The van der Waals surface area contributed by atoms with Gasteiger partial charge in [0.25, 0.3) is 0 Å². The molecule has 2 N–H and O–H groups in total. The molecule has 2 aromatic carbocycles. The van der Waals surface area contributed by atoms with Gasteiger partial charge in [0.15, 0.2) is 6.29 Å². The second-order valence-corrected chi connectivity index (χ2v) is 8.92. The molecule has 0 unspecified atom stereocenters. The van der Waals surface area contributed by atoms with Crippen LogP contribution in [0.5, 0.6) is 0 Å². The Hall–Kier alpha value is -1.76. The number of ether oxygens (including phenoxy) is 2. The minimum Gasteiger partial charge on any atom is -0.390 e. The average molecular weight is 409 g/mol. The van der Waals surface area contributed by atoms with E-state index < -0.39 is 6.10 Å². The number of piperidine rings is 1. The van der Waals surface area contributed by atoms with Crippen molar-refractivity contribution < 1.29 is 14.6 Å². The van der Waals surface area contributed by atoms with Crippen LogP contribution in [0.25, 0.3) is 0 Å². The van der Waals surface area contributed by atoms with Crippen molar-refractivity contribution in [3.63, 3.8) is 0 Å².